The third kappa shape index (κ3) is 4.09. The largest absolute Gasteiger partial charge is 0.474 e. The Labute approximate surface area is 122 Å². The second-order valence-electron chi connectivity index (χ2n) is 6.27. The topological polar surface area (TPSA) is 47.0 Å². The Balaban J connectivity index is 2.03. The maximum absolute atomic E-state index is 6.16. The van der Waals surface area contributed by atoms with Gasteiger partial charge in [-0.15, -0.1) is 0 Å². The lowest BCUT2D eigenvalue weighted by atomic mass is 9.82. The van der Waals surface area contributed by atoms with Crippen LogP contribution in [0.4, 0.5) is 5.95 Å². The second kappa shape index (κ2) is 6.91. The first-order valence-electron chi connectivity index (χ1n) is 7.82. The van der Waals surface area contributed by atoms with E-state index in [0.717, 1.165) is 49.1 Å². The molecule has 1 N–H and O–H groups in total. The molecule has 1 aromatic rings. The van der Waals surface area contributed by atoms with Gasteiger partial charge in [0.1, 0.15) is 6.10 Å². The number of nitrogens with zero attached hydrogens (tertiary/aromatic N) is 2. The fourth-order valence-electron chi connectivity index (χ4n) is 2.99. The van der Waals surface area contributed by atoms with Crippen LogP contribution in [0.1, 0.15) is 52.0 Å². The molecule has 1 saturated carbocycles. The van der Waals surface area contributed by atoms with Crippen LogP contribution in [-0.4, -0.2) is 22.6 Å². The molecule has 1 aliphatic rings. The second-order valence-corrected chi connectivity index (χ2v) is 6.27. The summed E-state index contributed by atoms with van der Waals surface area (Å²) in [4.78, 5) is 8.81. The minimum absolute atomic E-state index is 0.293. The van der Waals surface area contributed by atoms with Gasteiger partial charge < -0.3 is 10.1 Å². The van der Waals surface area contributed by atoms with E-state index in [-0.39, 0.29) is 0 Å². The van der Waals surface area contributed by atoms with Gasteiger partial charge in [-0.3, -0.25) is 0 Å². The highest BCUT2D eigenvalue weighted by atomic mass is 16.5. The lowest BCUT2D eigenvalue weighted by molar-refractivity contribution is 0.0960. The van der Waals surface area contributed by atoms with Gasteiger partial charge in [-0.05, 0) is 44.4 Å². The SMILES string of the molecule is CCCNc1ncc(C)c(OC2CC(C)CC(C)C2)n1. The molecule has 0 spiro atoms. The number of hydrogen-bond donors (Lipinski definition) is 1. The minimum Gasteiger partial charge on any atom is -0.474 e. The first-order chi connectivity index (χ1) is 9.58. The average molecular weight is 277 g/mol. The Kier molecular flexibility index (Phi) is 5.21. The molecular weight excluding hydrogens is 250 g/mol. The molecule has 4 heteroatoms. The van der Waals surface area contributed by atoms with Gasteiger partial charge in [0.15, 0.2) is 0 Å². The predicted molar refractivity (Wildman–Crippen MR) is 82.1 cm³/mol. The summed E-state index contributed by atoms with van der Waals surface area (Å²) in [5, 5.41) is 3.21. The van der Waals surface area contributed by atoms with Gasteiger partial charge in [-0.2, -0.15) is 4.98 Å². The van der Waals surface area contributed by atoms with Crippen LogP contribution in [0.3, 0.4) is 0 Å². The maximum Gasteiger partial charge on any atom is 0.225 e. The van der Waals surface area contributed by atoms with Crippen LogP contribution in [-0.2, 0) is 0 Å². The standard InChI is InChI=1S/C16H27N3O/c1-5-6-17-16-18-10-13(4)15(19-16)20-14-8-11(2)7-12(3)9-14/h10-12,14H,5-9H2,1-4H3,(H,17,18,19). The van der Waals surface area contributed by atoms with Gasteiger partial charge in [0.05, 0.1) is 0 Å². The van der Waals surface area contributed by atoms with E-state index in [0.29, 0.717) is 12.1 Å². The third-order valence-corrected chi connectivity index (χ3v) is 3.87. The first-order valence-corrected chi connectivity index (χ1v) is 7.82. The number of anilines is 1. The zero-order valence-electron chi connectivity index (χ0n) is 13.1. The van der Waals surface area contributed by atoms with Crippen molar-refractivity contribution in [2.45, 2.75) is 59.5 Å². The Bertz CT molecular complexity index is 426. The van der Waals surface area contributed by atoms with Crippen molar-refractivity contribution >= 4 is 5.95 Å². The van der Waals surface area contributed by atoms with Crippen LogP contribution in [0.5, 0.6) is 5.88 Å². The number of ether oxygens (including phenoxy) is 1. The van der Waals surface area contributed by atoms with Crippen LogP contribution in [0.15, 0.2) is 6.20 Å². The summed E-state index contributed by atoms with van der Waals surface area (Å²) in [5.41, 5.74) is 1.01. The van der Waals surface area contributed by atoms with Gasteiger partial charge in [0.2, 0.25) is 11.8 Å². The van der Waals surface area contributed by atoms with Crippen LogP contribution < -0.4 is 10.1 Å². The fraction of sp³-hybridized carbons (Fsp3) is 0.750. The Morgan fingerprint density at radius 1 is 1.25 bits per heavy atom. The molecule has 2 atom stereocenters. The van der Waals surface area contributed by atoms with E-state index in [4.69, 9.17) is 4.74 Å². The van der Waals surface area contributed by atoms with E-state index in [2.05, 4.69) is 36.1 Å². The summed E-state index contributed by atoms with van der Waals surface area (Å²) in [7, 11) is 0. The zero-order valence-corrected chi connectivity index (χ0v) is 13.1. The highest BCUT2D eigenvalue weighted by Crippen LogP contribution is 2.31. The molecule has 1 aliphatic carbocycles. The van der Waals surface area contributed by atoms with E-state index in [1.165, 1.54) is 6.42 Å². The molecule has 1 heterocycles. The number of aryl methyl sites for hydroxylation is 1. The summed E-state index contributed by atoms with van der Waals surface area (Å²) >= 11 is 0. The van der Waals surface area contributed by atoms with Crippen molar-refractivity contribution in [3.05, 3.63) is 11.8 Å². The van der Waals surface area contributed by atoms with E-state index >= 15 is 0 Å². The van der Waals surface area contributed by atoms with E-state index < -0.39 is 0 Å². The van der Waals surface area contributed by atoms with Crippen molar-refractivity contribution in [3.8, 4) is 5.88 Å². The Hall–Kier alpha value is -1.32. The molecule has 1 fully saturated rings. The summed E-state index contributed by atoms with van der Waals surface area (Å²) in [6.07, 6.45) is 6.77. The molecular formula is C16H27N3O. The molecule has 112 valence electrons. The van der Waals surface area contributed by atoms with Gasteiger partial charge >= 0.3 is 0 Å². The van der Waals surface area contributed by atoms with Gasteiger partial charge in [-0.25, -0.2) is 4.98 Å². The number of aromatic nitrogens is 2. The van der Waals surface area contributed by atoms with Gasteiger partial charge in [0.25, 0.3) is 0 Å². The lowest BCUT2D eigenvalue weighted by Gasteiger charge is -2.31. The molecule has 4 nitrogen and oxygen atoms in total. The van der Waals surface area contributed by atoms with Crippen molar-refractivity contribution < 1.29 is 4.74 Å². The summed E-state index contributed by atoms with van der Waals surface area (Å²) in [5.74, 6) is 2.89. The molecule has 0 saturated heterocycles. The molecule has 20 heavy (non-hydrogen) atoms. The number of rotatable bonds is 5. The van der Waals surface area contributed by atoms with Crippen molar-refractivity contribution in [2.24, 2.45) is 11.8 Å². The minimum atomic E-state index is 0.293. The van der Waals surface area contributed by atoms with Crippen LogP contribution in [0.25, 0.3) is 0 Å². The fourth-order valence-corrected chi connectivity index (χ4v) is 2.99. The van der Waals surface area contributed by atoms with Crippen LogP contribution in [0, 0.1) is 18.8 Å². The van der Waals surface area contributed by atoms with Crippen molar-refractivity contribution in [1.29, 1.82) is 0 Å². The Morgan fingerprint density at radius 2 is 1.95 bits per heavy atom. The number of hydrogen-bond acceptors (Lipinski definition) is 4. The van der Waals surface area contributed by atoms with Crippen LogP contribution in [0.2, 0.25) is 0 Å². The van der Waals surface area contributed by atoms with Crippen LogP contribution >= 0.6 is 0 Å². The van der Waals surface area contributed by atoms with Crippen molar-refractivity contribution in [1.82, 2.24) is 9.97 Å². The molecule has 0 amide bonds. The molecule has 0 aliphatic heterocycles. The number of nitrogens with one attached hydrogen (secondary N) is 1. The van der Waals surface area contributed by atoms with E-state index in [9.17, 15) is 0 Å². The van der Waals surface area contributed by atoms with E-state index in [1.807, 2.05) is 13.1 Å². The summed E-state index contributed by atoms with van der Waals surface area (Å²) < 4.78 is 6.16. The quantitative estimate of drug-likeness (QED) is 0.889. The maximum atomic E-state index is 6.16. The molecule has 0 bridgehead atoms. The Morgan fingerprint density at radius 3 is 2.60 bits per heavy atom. The first kappa shape index (κ1) is 15.1. The molecule has 2 unspecified atom stereocenters. The molecule has 2 rings (SSSR count). The zero-order chi connectivity index (χ0) is 14.5. The summed E-state index contributed by atoms with van der Waals surface area (Å²) in [6, 6.07) is 0. The third-order valence-electron chi connectivity index (χ3n) is 3.87. The van der Waals surface area contributed by atoms with E-state index in [1.54, 1.807) is 0 Å². The average Bonchev–Trinajstić information content (AvgIpc) is 2.38. The highest BCUT2D eigenvalue weighted by Gasteiger charge is 2.26. The highest BCUT2D eigenvalue weighted by molar-refractivity contribution is 5.32. The van der Waals surface area contributed by atoms with Gasteiger partial charge in [0, 0.05) is 18.3 Å². The molecule has 0 aromatic carbocycles. The summed E-state index contributed by atoms with van der Waals surface area (Å²) in [6.45, 7) is 9.65. The molecule has 0 radical (unpaired) electrons. The van der Waals surface area contributed by atoms with Crippen molar-refractivity contribution in [2.75, 3.05) is 11.9 Å². The monoisotopic (exact) mass is 277 g/mol. The van der Waals surface area contributed by atoms with Gasteiger partial charge in [-0.1, -0.05) is 20.8 Å². The molecule has 1 aromatic heterocycles. The lowest BCUT2D eigenvalue weighted by Crippen LogP contribution is -2.29. The van der Waals surface area contributed by atoms with Crippen molar-refractivity contribution in [3.63, 3.8) is 0 Å². The predicted octanol–water partition coefficient (Wildman–Crippen LogP) is 3.81. The normalized spacial score (nSPS) is 26.3. The smallest absolute Gasteiger partial charge is 0.225 e.